The summed E-state index contributed by atoms with van der Waals surface area (Å²) in [5.74, 6) is -1.18. The van der Waals surface area contributed by atoms with Crippen LogP contribution < -0.4 is 0 Å². The summed E-state index contributed by atoms with van der Waals surface area (Å²) in [6.07, 6.45) is 1.81. The monoisotopic (exact) mass is 300 g/mol. The lowest BCUT2D eigenvalue weighted by molar-refractivity contribution is -0.142. The third-order valence-corrected chi connectivity index (χ3v) is 3.23. The van der Waals surface area contributed by atoms with E-state index in [4.69, 9.17) is 21.1 Å². The number of hydrogen-bond donors (Lipinski definition) is 1. The van der Waals surface area contributed by atoms with Crippen LogP contribution in [0.2, 0.25) is 5.02 Å². The van der Waals surface area contributed by atoms with Crippen molar-refractivity contribution < 1.29 is 19.4 Å². The number of hydrogen-bond acceptors (Lipinski definition) is 3. The van der Waals surface area contributed by atoms with Gasteiger partial charge in [0.1, 0.15) is 0 Å². The average molecular weight is 301 g/mol. The number of rotatable bonds is 10. The molecule has 4 nitrogen and oxygen atoms in total. The van der Waals surface area contributed by atoms with E-state index in [0.29, 0.717) is 37.7 Å². The number of ether oxygens (including phenoxy) is 2. The normalized spacial score (nSPS) is 12.3. The van der Waals surface area contributed by atoms with Gasteiger partial charge >= 0.3 is 5.97 Å². The van der Waals surface area contributed by atoms with Crippen molar-refractivity contribution in [3.05, 3.63) is 34.9 Å². The molecular weight excluding hydrogens is 280 g/mol. The molecule has 0 aliphatic rings. The molecule has 0 bridgehead atoms. The fourth-order valence-electron chi connectivity index (χ4n) is 1.94. The zero-order chi connectivity index (χ0) is 14.8. The standard InChI is InChI=1S/C15H21ClO4/c1-19-8-9-20-7-3-5-13(15(17)18)10-12-4-2-6-14(16)11-12/h2,4,6,11,13H,3,5,7-10H2,1H3,(H,17,18). The summed E-state index contributed by atoms with van der Waals surface area (Å²) in [4.78, 5) is 11.3. The van der Waals surface area contributed by atoms with Gasteiger partial charge in [-0.25, -0.2) is 0 Å². The molecule has 0 aliphatic carbocycles. The van der Waals surface area contributed by atoms with E-state index in [1.165, 1.54) is 0 Å². The Morgan fingerprint density at radius 3 is 2.80 bits per heavy atom. The van der Waals surface area contributed by atoms with Crippen LogP contribution in [-0.4, -0.2) is 38.0 Å². The smallest absolute Gasteiger partial charge is 0.306 e. The first-order valence-electron chi connectivity index (χ1n) is 6.67. The van der Waals surface area contributed by atoms with Crippen LogP contribution in [0.1, 0.15) is 18.4 Å². The molecule has 5 heteroatoms. The second-order valence-electron chi connectivity index (χ2n) is 4.62. The van der Waals surface area contributed by atoms with Crippen molar-refractivity contribution in [1.82, 2.24) is 0 Å². The third kappa shape index (κ3) is 6.89. The molecule has 0 heterocycles. The Morgan fingerprint density at radius 1 is 1.35 bits per heavy atom. The van der Waals surface area contributed by atoms with Gasteiger partial charge in [0.05, 0.1) is 19.1 Å². The highest BCUT2D eigenvalue weighted by Gasteiger charge is 2.17. The second-order valence-corrected chi connectivity index (χ2v) is 5.05. The minimum atomic E-state index is -0.776. The summed E-state index contributed by atoms with van der Waals surface area (Å²) in [5.41, 5.74) is 0.949. The fraction of sp³-hybridized carbons (Fsp3) is 0.533. The molecule has 1 N–H and O–H groups in total. The van der Waals surface area contributed by atoms with E-state index in [-0.39, 0.29) is 0 Å². The van der Waals surface area contributed by atoms with Gasteiger partial charge in [-0.3, -0.25) is 4.79 Å². The number of benzene rings is 1. The maximum absolute atomic E-state index is 11.3. The first-order valence-corrected chi connectivity index (χ1v) is 7.05. The Kier molecular flexibility index (Phi) is 8.26. The molecule has 1 aromatic rings. The van der Waals surface area contributed by atoms with Crippen LogP contribution in [0.5, 0.6) is 0 Å². The van der Waals surface area contributed by atoms with Crippen molar-refractivity contribution >= 4 is 17.6 Å². The predicted octanol–water partition coefficient (Wildman–Crippen LogP) is 3.03. The van der Waals surface area contributed by atoms with Gasteiger partial charge in [-0.15, -0.1) is 0 Å². The average Bonchev–Trinajstić information content (AvgIpc) is 2.41. The van der Waals surface area contributed by atoms with Gasteiger partial charge in [-0.05, 0) is 37.0 Å². The molecular formula is C15H21ClO4. The maximum Gasteiger partial charge on any atom is 0.306 e. The molecule has 0 saturated carbocycles. The number of aliphatic carboxylic acids is 1. The summed E-state index contributed by atoms with van der Waals surface area (Å²) >= 11 is 5.90. The Hall–Kier alpha value is -1.10. The van der Waals surface area contributed by atoms with Gasteiger partial charge in [0, 0.05) is 18.7 Å². The number of carboxylic acid groups (broad SMARTS) is 1. The van der Waals surface area contributed by atoms with Gasteiger partial charge in [0.15, 0.2) is 0 Å². The molecule has 1 aromatic carbocycles. The van der Waals surface area contributed by atoms with E-state index in [0.717, 1.165) is 12.0 Å². The first kappa shape index (κ1) is 17.0. The molecule has 0 saturated heterocycles. The van der Waals surface area contributed by atoms with E-state index >= 15 is 0 Å². The Balaban J connectivity index is 2.35. The topological polar surface area (TPSA) is 55.8 Å². The van der Waals surface area contributed by atoms with E-state index in [2.05, 4.69) is 0 Å². The molecule has 0 spiro atoms. The molecule has 1 unspecified atom stereocenters. The SMILES string of the molecule is COCCOCCCC(Cc1cccc(Cl)c1)C(=O)O. The highest BCUT2D eigenvalue weighted by Crippen LogP contribution is 2.18. The molecule has 1 rings (SSSR count). The molecule has 0 aliphatic heterocycles. The summed E-state index contributed by atoms with van der Waals surface area (Å²) in [6, 6.07) is 7.33. The quantitative estimate of drug-likeness (QED) is 0.675. The van der Waals surface area contributed by atoms with Gasteiger partial charge < -0.3 is 14.6 Å². The number of methoxy groups -OCH3 is 1. The van der Waals surface area contributed by atoms with Crippen LogP contribution in [0, 0.1) is 5.92 Å². The van der Waals surface area contributed by atoms with E-state index in [1.807, 2.05) is 18.2 Å². The van der Waals surface area contributed by atoms with Crippen LogP contribution in [0.3, 0.4) is 0 Å². The Labute approximate surface area is 124 Å². The molecule has 0 fully saturated rings. The van der Waals surface area contributed by atoms with Crippen LogP contribution in [0.4, 0.5) is 0 Å². The summed E-state index contributed by atoms with van der Waals surface area (Å²) in [5, 5.41) is 9.88. The molecule has 0 amide bonds. The lowest BCUT2D eigenvalue weighted by Crippen LogP contribution is -2.17. The Bertz CT molecular complexity index is 409. The summed E-state index contributed by atoms with van der Waals surface area (Å²) in [7, 11) is 1.62. The molecule has 112 valence electrons. The second kappa shape index (κ2) is 9.75. The summed E-state index contributed by atoms with van der Waals surface area (Å²) < 4.78 is 10.2. The van der Waals surface area contributed by atoms with Crippen LogP contribution in [-0.2, 0) is 20.7 Å². The fourth-order valence-corrected chi connectivity index (χ4v) is 2.15. The van der Waals surface area contributed by atoms with E-state index < -0.39 is 11.9 Å². The van der Waals surface area contributed by atoms with Crippen molar-refractivity contribution in [2.24, 2.45) is 5.92 Å². The lowest BCUT2D eigenvalue weighted by atomic mass is 9.95. The van der Waals surface area contributed by atoms with Gasteiger partial charge in [0.25, 0.3) is 0 Å². The number of carbonyl (C=O) groups is 1. The predicted molar refractivity (Wildman–Crippen MR) is 78.2 cm³/mol. The minimum Gasteiger partial charge on any atom is -0.481 e. The van der Waals surface area contributed by atoms with Crippen molar-refractivity contribution in [3.8, 4) is 0 Å². The first-order chi connectivity index (χ1) is 9.63. The van der Waals surface area contributed by atoms with Crippen LogP contribution in [0.25, 0.3) is 0 Å². The van der Waals surface area contributed by atoms with E-state index in [9.17, 15) is 9.90 Å². The summed E-state index contributed by atoms with van der Waals surface area (Å²) in [6.45, 7) is 1.66. The van der Waals surface area contributed by atoms with Crippen molar-refractivity contribution in [2.45, 2.75) is 19.3 Å². The zero-order valence-electron chi connectivity index (χ0n) is 11.7. The highest BCUT2D eigenvalue weighted by molar-refractivity contribution is 6.30. The van der Waals surface area contributed by atoms with Gasteiger partial charge in [-0.2, -0.15) is 0 Å². The van der Waals surface area contributed by atoms with Crippen LogP contribution in [0.15, 0.2) is 24.3 Å². The zero-order valence-corrected chi connectivity index (χ0v) is 12.4. The maximum atomic E-state index is 11.3. The molecule has 0 radical (unpaired) electrons. The van der Waals surface area contributed by atoms with Crippen molar-refractivity contribution in [3.63, 3.8) is 0 Å². The van der Waals surface area contributed by atoms with Crippen molar-refractivity contribution in [1.29, 1.82) is 0 Å². The highest BCUT2D eigenvalue weighted by atomic mass is 35.5. The van der Waals surface area contributed by atoms with E-state index in [1.54, 1.807) is 13.2 Å². The third-order valence-electron chi connectivity index (χ3n) is 2.99. The van der Waals surface area contributed by atoms with Gasteiger partial charge in [-0.1, -0.05) is 23.7 Å². The largest absolute Gasteiger partial charge is 0.481 e. The number of halogens is 1. The number of carboxylic acids is 1. The van der Waals surface area contributed by atoms with Gasteiger partial charge in [0.2, 0.25) is 0 Å². The molecule has 1 atom stereocenters. The molecule has 20 heavy (non-hydrogen) atoms. The van der Waals surface area contributed by atoms with Crippen molar-refractivity contribution in [2.75, 3.05) is 26.9 Å². The van der Waals surface area contributed by atoms with Crippen LogP contribution >= 0.6 is 11.6 Å². The lowest BCUT2D eigenvalue weighted by Gasteiger charge is -2.12. The molecule has 0 aromatic heterocycles. The minimum absolute atomic E-state index is 0.403. The Morgan fingerprint density at radius 2 is 2.15 bits per heavy atom.